The predicted octanol–water partition coefficient (Wildman–Crippen LogP) is 1.94. The van der Waals surface area contributed by atoms with Gasteiger partial charge in [-0.1, -0.05) is 13.8 Å². The van der Waals surface area contributed by atoms with Gasteiger partial charge in [-0.15, -0.1) is 0 Å². The standard InChI is InChI=1S/C15H23N3O3/c1-10(2)6-12(14(19)20)8-17-15(21)18-9-13-7-16-5-4-11(13)3/h4-5,7,10,12H,6,8-9H2,1-3H3,(H,19,20)(H2,17,18,21). The van der Waals surface area contributed by atoms with Crippen molar-refractivity contribution in [1.29, 1.82) is 0 Å². The Hall–Kier alpha value is -2.11. The second-order valence-corrected chi connectivity index (χ2v) is 5.53. The zero-order valence-electron chi connectivity index (χ0n) is 12.7. The minimum Gasteiger partial charge on any atom is -0.481 e. The first-order valence-corrected chi connectivity index (χ1v) is 7.04. The molecule has 116 valence electrons. The molecule has 0 saturated carbocycles. The van der Waals surface area contributed by atoms with Crippen LogP contribution < -0.4 is 10.6 Å². The molecule has 0 saturated heterocycles. The van der Waals surface area contributed by atoms with Crippen molar-refractivity contribution in [2.24, 2.45) is 11.8 Å². The molecule has 1 rings (SSSR count). The van der Waals surface area contributed by atoms with Crippen LogP contribution in [0.3, 0.4) is 0 Å². The Morgan fingerprint density at radius 2 is 2.05 bits per heavy atom. The second kappa shape index (κ2) is 8.24. The summed E-state index contributed by atoms with van der Waals surface area (Å²) in [6.07, 6.45) is 3.94. The first-order chi connectivity index (χ1) is 9.90. The van der Waals surface area contributed by atoms with E-state index in [2.05, 4.69) is 15.6 Å². The predicted molar refractivity (Wildman–Crippen MR) is 79.8 cm³/mol. The van der Waals surface area contributed by atoms with E-state index in [-0.39, 0.29) is 18.5 Å². The third kappa shape index (κ3) is 6.25. The molecule has 1 unspecified atom stereocenters. The lowest BCUT2D eigenvalue weighted by Crippen LogP contribution is -2.40. The Labute approximate surface area is 125 Å². The molecule has 0 aromatic carbocycles. The molecule has 1 aromatic rings. The fraction of sp³-hybridized carbons (Fsp3) is 0.533. The largest absolute Gasteiger partial charge is 0.481 e. The molecular formula is C15H23N3O3. The summed E-state index contributed by atoms with van der Waals surface area (Å²) in [6.45, 7) is 6.36. The molecule has 2 amide bonds. The van der Waals surface area contributed by atoms with Crippen LogP contribution in [0.1, 0.15) is 31.4 Å². The molecule has 21 heavy (non-hydrogen) atoms. The van der Waals surface area contributed by atoms with Crippen LogP contribution in [0.25, 0.3) is 0 Å². The minimum atomic E-state index is -0.882. The second-order valence-electron chi connectivity index (χ2n) is 5.53. The van der Waals surface area contributed by atoms with Crippen LogP contribution in [0, 0.1) is 18.8 Å². The van der Waals surface area contributed by atoms with Gasteiger partial charge in [0, 0.05) is 25.5 Å². The number of urea groups is 1. The van der Waals surface area contributed by atoms with E-state index in [4.69, 9.17) is 5.11 Å². The summed E-state index contributed by atoms with van der Waals surface area (Å²) in [6, 6.07) is 1.51. The molecule has 0 radical (unpaired) electrons. The number of carbonyl (C=O) groups excluding carboxylic acids is 1. The van der Waals surface area contributed by atoms with E-state index in [1.807, 2.05) is 26.8 Å². The summed E-state index contributed by atoms with van der Waals surface area (Å²) in [5, 5.41) is 14.4. The van der Waals surface area contributed by atoms with E-state index in [1.54, 1.807) is 12.4 Å². The highest BCUT2D eigenvalue weighted by atomic mass is 16.4. The van der Waals surface area contributed by atoms with Crippen molar-refractivity contribution < 1.29 is 14.7 Å². The third-order valence-electron chi connectivity index (χ3n) is 3.20. The number of nitrogens with one attached hydrogen (secondary N) is 2. The summed E-state index contributed by atoms with van der Waals surface area (Å²) in [7, 11) is 0. The zero-order valence-corrected chi connectivity index (χ0v) is 12.7. The number of rotatable bonds is 7. The van der Waals surface area contributed by atoms with E-state index >= 15 is 0 Å². The highest BCUT2D eigenvalue weighted by Gasteiger charge is 2.19. The van der Waals surface area contributed by atoms with E-state index in [0.717, 1.165) is 11.1 Å². The number of hydrogen-bond acceptors (Lipinski definition) is 3. The highest BCUT2D eigenvalue weighted by Crippen LogP contribution is 2.11. The molecule has 0 aliphatic heterocycles. The first-order valence-electron chi connectivity index (χ1n) is 7.04. The van der Waals surface area contributed by atoms with Gasteiger partial charge < -0.3 is 15.7 Å². The molecular weight excluding hydrogens is 270 g/mol. The maximum Gasteiger partial charge on any atom is 0.315 e. The molecule has 0 bridgehead atoms. The van der Waals surface area contributed by atoms with Gasteiger partial charge in [-0.2, -0.15) is 0 Å². The van der Waals surface area contributed by atoms with Gasteiger partial charge in [-0.3, -0.25) is 9.78 Å². The molecule has 0 spiro atoms. The zero-order chi connectivity index (χ0) is 15.8. The van der Waals surface area contributed by atoms with Gasteiger partial charge in [0.25, 0.3) is 0 Å². The number of amides is 2. The lowest BCUT2D eigenvalue weighted by Gasteiger charge is -2.16. The van der Waals surface area contributed by atoms with Crippen molar-refractivity contribution >= 4 is 12.0 Å². The maximum atomic E-state index is 11.7. The summed E-state index contributed by atoms with van der Waals surface area (Å²) in [4.78, 5) is 26.8. The number of nitrogens with zero attached hydrogens (tertiary/aromatic N) is 1. The molecule has 1 atom stereocenters. The number of carboxylic acids is 1. The van der Waals surface area contributed by atoms with Crippen LogP contribution in [0.5, 0.6) is 0 Å². The summed E-state index contributed by atoms with van der Waals surface area (Å²) in [5.74, 6) is -1.17. The van der Waals surface area contributed by atoms with Crippen molar-refractivity contribution in [3.8, 4) is 0 Å². The van der Waals surface area contributed by atoms with Gasteiger partial charge in [0.15, 0.2) is 0 Å². The molecule has 0 aliphatic carbocycles. The van der Waals surface area contributed by atoms with Gasteiger partial charge in [0.05, 0.1) is 5.92 Å². The van der Waals surface area contributed by atoms with Gasteiger partial charge in [0.2, 0.25) is 0 Å². The molecule has 6 nitrogen and oxygen atoms in total. The molecule has 6 heteroatoms. The normalized spacial score (nSPS) is 12.0. The van der Waals surface area contributed by atoms with E-state index in [9.17, 15) is 9.59 Å². The van der Waals surface area contributed by atoms with Gasteiger partial charge in [0.1, 0.15) is 0 Å². The van der Waals surface area contributed by atoms with E-state index in [1.165, 1.54) is 0 Å². The smallest absolute Gasteiger partial charge is 0.315 e. The van der Waals surface area contributed by atoms with Crippen molar-refractivity contribution in [3.05, 3.63) is 29.6 Å². The highest BCUT2D eigenvalue weighted by molar-refractivity contribution is 5.75. The third-order valence-corrected chi connectivity index (χ3v) is 3.20. The summed E-state index contributed by atoms with van der Waals surface area (Å²) in [5.41, 5.74) is 1.98. The van der Waals surface area contributed by atoms with Crippen LogP contribution in [0.4, 0.5) is 4.79 Å². The van der Waals surface area contributed by atoms with Crippen LogP contribution in [0.15, 0.2) is 18.5 Å². The molecule has 1 heterocycles. The Bertz CT molecular complexity index is 489. The number of aromatic nitrogens is 1. The van der Waals surface area contributed by atoms with Gasteiger partial charge >= 0.3 is 12.0 Å². The maximum absolute atomic E-state index is 11.7. The topological polar surface area (TPSA) is 91.3 Å². The Morgan fingerprint density at radius 3 is 2.62 bits per heavy atom. The van der Waals surface area contributed by atoms with Crippen molar-refractivity contribution in [1.82, 2.24) is 15.6 Å². The van der Waals surface area contributed by atoms with Crippen LogP contribution in [0.2, 0.25) is 0 Å². The number of carboxylic acid groups (broad SMARTS) is 1. The van der Waals surface area contributed by atoms with Crippen molar-refractivity contribution in [3.63, 3.8) is 0 Å². The number of pyridine rings is 1. The lowest BCUT2D eigenvalue weighted by atomic mass is 9.97. The lowest BCUT2D eigenvalue weighted by molar-refractivity contribution is -0.142. The number of aliphatic carboxylic acids is 1. The average Bonchev–Trinajstić information content (AvgIpc) is 2.41. The van der Waals surface area contributed by atoms with Gasteiger partial charge in [-0.25, -0.2) is 4.79 Å². The van der Waals surface area contributed by atoms with Crippen molar-refractivity contribution in [2.75, 3.05) is 6.54 Å². The average molecular weight is 293 g/mol. The number of aryl methyl sites for hydroxylation is 1. The number of hydrogen-bond donors (Lipinski definition) is 3. The van der Waals surface area contributed by atoms with Crippen LogP contribution >= 0.6 is 0 Å². The number of carbonyl (C=O) groups is 2. The Morgan fingerprint density at radius 1 is 1.33 bits per heavy atom. The van der Waals surface area contributed by atoms with Crippen LogP contribution in [-0.2, 0) is 11.3 Å². The fourth-order valence-electron chi connectivity index (χ4n) is 1.98. The van der Waals surface area contributed by atoms with Gasteiger partial charge in [-0.05, 0) is 36.5 Å². The SMILES string of the molecule is Cc1ccncc1CNC(=O)NCC(CC(C)C)C(=O)O. The van der Waals surface area contributed by atoms with Crippen molar-refractivity contribution in [2.45, 2.75) is 33.7 Å². The molecule has 0 aliphatic rings. The Balaban J connectivity index is 2.39. The monoisotopic (exact) mass is 293 g/mol. The molecule has 0 fully saturated rings. The van der Waals surface area contributed by atoms with E-state index < -0.39 is 11.9 Å². The first kappa shape index (κ1) is 16.9. The molecule has 3 N–H and O–H groups in total. The van der Waals surface area contributed by atoms with Crippen LogP contribution in [-0.4, -0.2) is 28.6 Å². The summed E-state index contributed by atoms with van der Waals surface area (Å²) >= 11 is 0. The molecule has 1 aromatic heterocycles. The Kier molecular flexibility index (Phi) is 6.65. The quantitative estimate of drug-likeness (QED) is 0.716. The summed E-state index contributed by atoms with van der Waals surface area (Å²) < 4.78 is 0. The fourth-order valence-corrected chi connectivity index (χ4v) is 1.98. The minimum absolute atomic E-state index is 0.130. The van der Waals surface area contributed by atoms with E-state index in [0.29, 0.717) is 13.0 Å².